The SMILES string of the molecule is CCSC(F)(F)C(F)(F)C(F)(F)C(F)(F)C(F)(F)C(F)(F)C(F)(F)C(F)(F)F. The zero-order valence-electron chi connectivity index (χ0n) is 12.5. The number of alkyl halides is 17. The molecule has 0 fully saturated rings. The lowest BCUT2D eigenvalue weighted by Gasteiger charge is -2.42. The average Bonchev–Trinajstić information content (AvgIpc) is 2.44. The lowest BCUT2D eigenvalue weighted by atomic mass is 9.91. The van der Waals surface area contributed by atoms with Gasteiger partial charge in [0.1, 0.15) is 0 Å². The van der Waals surface area contributed by atoms with Crippen LogP contribution in [-0.4, -0.2) is 52.7 Å². The van der Waals surface area contributed by atoms with Crippen LogP contribution >= 0.6 is 11.8 Å². The fourth-order valence-electron chi connectivity index (χ4n) is 1.42. The number of hydrogen-bond donors (Lipinski definition) is 0. The van der Waals surface area contributed by atoms with Gasteiger partial charge in [-0.2, -0.15) is 74.6 Å². The van der Waals surface area contributed by atoms with Crippen molar-refractivity contribution in [1.82, 2.24) is 0 Å². The lowest BCUT2D eigenvalue weighted by Crippen LogP contribution is -2.74. The highest BCUT2D eigenvalue weighted by atomic mass is 32.2. The molecule has 0 N–H and O–H groups in total. The van der Waals surface area contributed by atoms with Crippen molar-refractivity contribution in [3.63, 3.8) is 0 Å². The largest absolute Gasteiger partial charge is 0.460 e. The third-order valence-electron chi connectivity index (χ3n) is 3.02. The zero-order chi connectivity index (χ0) is 23.4. The smallest absolute Gasteiger partial charge is 0.192 e. The van der Waals surface area contributed by atoms with Gasteiger partial charge in [0.2, 0.25) is 0 Å². The Morgan fingerprint density at radius 1 is 0.429 bits per heavy atom. The predicted molar refractivity (Wildman–Crippen MR) is 58.8 cm³/mol. The lowest BCUT2D eigenvalue weighted by molar-refractivity contribution is -0.458. The molecule has 28 heavy (non-hydrogen) atoms. The quantitative estimate of drug-likeness (QED) is 0.349. The van der Waals surface area contributed by atoms with Gasteiger partial charge in [-0.3, -0.25) is 0 Å². The fourth-order valence-corrected chi connectivity index (χ4v) is 2.09. The number of hydrogen-bond acceptors (Lipinski definition) is 1. The van der Waals surface area contributed by atoms with E-state index in [0.29, 0.717) is 6.92 Å². The first kappa shape index (κ1) is 27.2. The van der Waals surface area contributed by atoms with Crippen LogP contribution in [0.15, 0.2) is 0 Å². The predicted octanol–water partition coefficient (Wildman–Crippen LogP) is 6.71. The van der Waals surface area contributed by atoms with Gasteiger partial charge in [0.25, 0.3) is 0 Å². The van der Waals surface area contributed by atoms with E-state index in [-0.39, 0.29) is 0 Å². The van der Waals surface area contributed by atoms with Gasteiger partial charge in [-0.15, -0.1) is 0 Å². The second-order valence-electron chi connectivity index (χ2n) is 4.89. The Kier molecular flexibility index (Phi) is 6.65. The van der Waals surface area contributed by atoms with Crippen LogP contribution in [0.1, 0.15) is 6.92 Å². The second kappa shape index (κ2) is 6.85. The van der Waals surface area contributed by atoms with Crippen LogP contribution in [0.2, 0.25) is 0 Å². The van der Waals surface area contributed by atoms with Crippen molar-refractivity contribution in [3.05, 3.63) is 0 Å². The van der Waals surface area contributed by atoms with Gasteiger partial charge in [0.15, 0.2) is 0 Å². The summed E-state index contributed by atoms with van der Waals surface area (Å²) in [6.45, 7) is 0.553. The minimum absolute atomic E-state index is 0.553. The van der Waals surface area contributed by atoms with Crippen LogP contribution in [0.3, 0.4) is 0 Å². The Morgan fingerprint density at radius 3 is 0.929 bits per heavy atom. The average molecular weight is 480 g/mol. The molecular formula is C10H5F17S. The Morgan fingerprint density at radius 2 is 0.679 bits per heavy atom. The van der Waals surface area contributed by atoms with E-state index in [9.17, 15) is 74.6 Å². The number of rotatable bonds is 8. The van der Waals surface area contributed by atoms with Crippen molar-refractivity contribution in [2.24, 2.45) is 0 Å². The molecule has 0 radical (unpaired) electrons. The van der Waals surface area contributed by atoms with Crippen molar-refractivity contribution in [1.29, 1.82) is 0 Å². The molecule has 0 heterocycles. The van der Waals surface area contributed by atoms with E-state index in [4.69, 9.17) is 0 Å². The van der Waals surface area contributed by atoms with Gasteiger partial charge in [0, 0.05) is 0 Å². The van der Waals surface area contributed by atoms with Crippen LogP contribution in [0.25, 0.3) is 0 Å². The monoisotopic (exact) mass is 480 g/mol. The fraction of sp³-hybridized carbons (Fsp3) is 1.00. The molecule has 0 saturated carbocycles. The van der Waals surface area contributed by atoms with Crippen molar-refractivity contribution in [2.45, 2.75) is 53.9 Å². The Labute approximate surface area is 147 Å². The highest BCUT2D eigenvalue weighted by Crippen LogP contribution is 2.64. The molecule has 0 rings (SSSR count). The molecule has 170 valence electrons. The minimum atomic E-state index is -8.57. The number of thioether (sulfide) groups is 1. The van der Waals surface area contributed by atoms with Gasteiger partial charge in [0.05, 0.1) is 0 Å². The van der Waals surface area contributed by atoms with Gasteiger partial charge in [-0.25, -0.2) is 0 Å². The Balaban J connectivity index is 6.63. The summed E-state index contributed by atoms with van der Waals surface area (Å²) in [7, 11) is 0. The summed E-state index contributed by atoms with van der Waals surface area (Å²) in [5.41, 5.74) is 0. The second-order valence-corrected chi connectivity index (χ2v) is 6.27. The molecule has 0 aromatic heterocycles. The van der Waals surface area contributed by atoms with Crippen LogP contribution < -0.4 is 0 Å². The summed E-state index contributed by atoms with van der Waals surface area (Å²) < 4.78 is 217. The Bertz CT molecular complexity index is 559. The van der Waals surface area contributed by atoms with Crippen LogP contribution in [0.5, 0.6) is 0 Å². The molecule has 0 atom stereocenters. The molecule has 0 unspecified atom stereocenters. The van der Waals surface area contributed by atoms with Crippen molar-refractivity contribution in [2.75, 3.05) is 5.75 Å². The van der Waals surface area contributed by atoms with E-state index < -0.39 is 64.5 Å². The standard InChI is InChI=1S/C10H5F17S/c1-2-28-10(26,27)8(21,22)6(17,18)4(13,14)3(11,12)5(15,16)7(19,20)9(23,24)25/h2H2,1H3. The van der Waals surface area contributed by atoms with E-state index in [0.717, 1.165) is 0 Å². The maximum Gasteiger partial charge on any atom is 0.460 e. The molecule has 18 heteroatoms. The zero-order valence-corrected chi connectivity index (χ0v) is 13.4. The molecule has 0 aromatic rings. The van der Waals surface area contributed by atoms with Crippen LogP contribution in [0.4, 0.5) is 74.6 Å². The summed E-state index contributed by atoms with van der Waals surface area (Å²) in [5, 5.41) is -6.34. The summed E-state index contributed by atoms with van der Waals surface area (Å²) in [4.78, 5) is 0. The summed E-state index contributed by atoms with van der Waals surface area (Å²) in [6.07, 6.45) is -7.74. The van der Waals surface area contributed by atoms with Crippen LogP contribution in [-0.2, 0) is 0 Å². The topological polar surface area (TPSA) is 0 Å². The van der Waals surface area contributed by atoms with E-state index in [1.807, 2.05) is 0 Å². The van der Waals surface area contributed by atoms with E-state index in [1.165, 1.54) is 0 Å². The van der Waals surface area contributed by atoms with E-state index in [1.54, 1.807) is 0 Å². The molecule has 0 aliphatic carbocycles. The highest BCUT2D eigenvalue weighted by molar-refractivity contribution is 8.00. The van der Waals surface area contributed by atoms with Crippen molar-refractivity contribution >= 4 is 11.8 Å². The molecule has 0 saturated heterocycles. The van der Waals surface area contributed by atoms with Gasteiger partial charge >= 0.3 is 47.0 Å². The Hall–Kier alpha value is -0.840. The molecule has 0 nitrogen and oxygen atoms in total. The van der Waals surface area contributed by atoms with E-state index in [2.05, 4.69) is 0 Å². The molecule has 0 aromatic carbocycles. The summed E-state index contributed by atoms with van der Waals surface area (Å²) in [6, 6.07) is 0. The molecule has 0 aliphatic rings. The molecular weight excluding hydrogens is 475 g/mol. The molecule has 0 amide bonds. The van der Waals surface area contributed by atoms with Crippen molar-refractivity contribution < 1.29 is 74.6 Å². The molecule has 0 aliphatic heterocycles. The molecule has 0 bridgehead atoms. The van der Waals surface area contributed by atoms with E-state index >= 15 is 0 Å². The number of halogens is 17. The highest BCUT2D eigenvalue weighted by Gasteiger charge is 2.95. The summed E-state index contributed by atoms with van der Waals surface area (Å²) in [5.74, 6) is -50.7. The third-order valence-corrected chi connectivity index (χ3v) is 3.93. The van der Waals surface area contributed by atoms with Crippen LogP contribution in [0, 0.1) is 0 Å². The molecule has 0 spiro atoms. The maximum atomic E-state index is 13.2. The first-order chi connectivity index (χ1) is 11.8. The van der Waals surface area contributed by atoms with Crippen molar-refractivity contribution in [3.8, 4) is 0 Å². The first-order valence-electron chi connectivity index (χ1n) is 6.16. The normalized spacial score (nSPS) is 16.5. The third kappa shape index (κ3) is 3.36. The maximum absolute atomic E-state index is 13.2. The first-order valence-corrected chi connectivity index (χ1v) is 7.15. The minimum Gasteiger partial charge on any atom is -0.192 e. The van der Waals surface area contributed by atoms with Gasteiger partial charge in [-0.05, 0) is 5.75 Å². The van der Waals surface area contributed by atoms with Gasteiger partial charge < -0.3 is 0 Å². The van der Waals surface area contributed by atoms with Gasteiger partial charge in [-0.1, -0.05) is 18.7 Å². The summed E-state index contributed by atoms with van der Waals surface area (Å²) >= 11 is -1.55.